The Morgan fingerprint density at radius 1 is 1.24 bits per heavy atom. The second-order valence-corrected chi connectivity index (χ2v) is 5.77. The number of carbonyl (C=O) groups excluding carboxylic acids is 1. The summed E-state index contributed by atoms with van der Waals surface area (Å²) >= 11 is 0. The second-order valence-electron chi connectivity index (χ2n) is 5.77. The quantitative estimate of drug-likeness (QED) is 0.541. The van der Waals surface area contributed by atoms with Crippen molar-refractivity contribution in [2.24, 2.45) is 0 Å². The number of hydrogen-bond donors (Lipinski definition) is 1. The van der Waals surface area contributed by atoms with Gasteiger partial charge in [0.1, 0.15) is 5.82 Å². The summed E-state index contributed by atoms with van der Waals surface area (Å²) in [6.07, 6.45) is 5.61. The predicted molar refractivity (Wildman–Crippen MR) is 86.6 cm³/mol. The van der Waals surface area contributed by atoms with Gasteiger partial charge in [-0.2, -0.15) is 0 Å². The van der Waals surface area contributed by atoms with Crippen LogP contribution in [0.5, 0.6) is 0 Å². The van der Waals surface area contributed by atoms with Crippen LogP contribution < -0.4 is 5.32 Å². The normalized spacial score (nSPS) is 12.2. The lowest BCUT2D eigenvalue weighted by atomic mass is 10.1. The van der Waals surface area contributed by atoms with Crippen LogP contribution in [0.4, 0.5) is 5.82 Å². The molecule has 0 amide bonds. The minimum absolute atomic E-state index is 0.0575. The van der Waals surface area contributed by atoms with E-state index in [9.17, 15) is 4.79 Å². The number of nitrogens with one attached hydrogen (secondary N) is 1. The monoisotopic (exact) mass is 292 g/mol. The van der Waals surface area contributed by atoms with Crippen LogP contribution in [0.25, 0.3) is 0 Å². The molecule has 1 aromatic heterocycles. The third-order valence-electron chi connectivity index (χ3n) is 3.17. The predicted octanol–water partition coefficient (Wildman–Crippen LogP) is 4.42. The van der Waals surface area contributed by atoms with Crippen molar-refractivity contribution >= 4 is 11.8 Å². The molecular formula is C17H28N2O2. The lowest BCUT2D eigenvalue weighted by Crippen LogP contribution is -2.17. The first-order valence-corrected chi connectivity index (χ1v) is 7.97. The number of carbonyl (C=O) groups is 1. The summed E-state index contributed by atoms with van der Waals surface area (Å²) in [6.45, 7) is 8.20. The van der Waals surface area contributed by atoms with Gasteiger partial charge in [-0.3, -0.25) is 0 Å². The number of aromatic nitrogens is 1. The Kier molecular flexibility index (Phi) is 7.80. The molecule has 0 bridgehead atoms. The van der Waals surface area contributed by atoms with Gasteiger partial charge >= 0.3 is 5.97 Å². The van der Waals surface area contributed by atoms with Crippen molar-refractivity contribution in [2.75, 3.05) is 5.32 Å². The number of nitrogens with zero attached hydrogens (tertiary/aromatic N) is 1. The zero-order valence-corrected chi connectivity index (χ0v) is 13.7. The molecule has 1 unspecified atom stereocenters. The van der Waals surface area contributed by atoms with Gasteiger partial charge < -0.3 is 10.1 Å². The molecule has 21 heavy (non-hydrogen) atoms. The van der Waals surface area contributed by atoms with Crippen LogP contribution in [0.1, 0.15) is 70.3 Å². The molecule has 4 nitrogen and oxygen atoms in total. The summed E-state index contributed by atoms with van der Waals surface area (Å²) in [5.74, 6) is 0.362. The highest BCUT2D eigenvalue weighted by molar-refractivity contribution is 5.87. The minimum atomic E-state index is -0.342. The van der Waals surface area contributed by atoms with E-state index >= 15 is 0 Å². The molecule has 1 aromatic rings. The van der Waals surface area contributed by atoms with E-state index in [1.54, 1.807) is 6.07 Å². The van der Waals surface area contributed by atoms with Crippen LogP contribution in [-0.2, 0) is 4.74 Å². The van der Waals surface area contributed by atoms with E-state index in [1.807, 2.05) is 32.9 Å². The molecule has 4 heteroatoms. The van der Waals surface area contributed by atoms with Gasteiger partial charge in [-0.25, -0.2) is 9.78 Å². The summed E-state index contributed by atoms with van der Waals surface area (Å²) in [7, 11) is 0. The fourth-order valence-electron chi connectivity index (χ4n) is 2.09. The van der Waals surface area contributed by atoms with Crippen molar-refractivity contribution in [3.63, 3.8) is 0 Å². The van der Waals surface area contributed by atoms with E-state index < -0.39 is 0 Å². The van der Waals surface area contributed by atoms with Crippen molar-refractivity contribution in [2.45, 2.75) is 71.9 Å². The summed E-state index contributed by atoms with van der Waals surface area (Å²) in [5, 5.41) is 3.18. The first kappa shape index (κ1) is 17.5. The lowest BCUT2D eigenvalue weighted by Gasteiger charge is -2.14. The maximum absolute atomic E-state index is 12.1. The molecule has 1 N–H and O–H groups in total. The number of rotatable bonds is 9. The zero-order valence-electron chi connectivity index (χ0n) is 13.7. The van der Waals surface area contributed by atoms with Gasteiger partial charge in [-0.05, 0) is 45.7 Å². The molecule has 0 aliphatic carbocycles. The van der Waals surface area contributed by atoms with E-state index in [4.69, 9.17) is 4.74 Å². The molecule has 0 aliphatic rings. The van der Waals surface area contributed by atoms with Gasteiger partial charge in [-0.15, -0.1) is 0 Å². The Balaban J connectivity index is 2.47. The molecule has 0 fully saturated rings. The fraction of sp³-hybridized carbons (Fsp3) is 0.647. The molecule has 0 aromatic carbocycles. The SMILES string of the molecule is CCCCCCC(C)OC(=O)c1cccc(NC(C)C)n1. The molecule has 1 rings (SSSR count). The average Bonchev–Trinajstić information content (AvgIpc) is 2.43. The smallest absolute Gasteiger partial charge is 0.357 e. The minimum Gasteiger partial charge on any atom is -0.458 e. The molecular weight excluding hydrogens is 264 g/mol. The highest BCUT2D eigenvalue weighted by Crippen LogP contribution is 2.12. The first-order valence-electron chi connectivity index (χ1n) is 7.97. The number of unbranched alkanes of at least 4 members (excludes halogenated alkanes) is 3. The number of esters is 1. The Morgan fingerprint density at radius 2 is 2.00 bits per heavy atom. The number of pyridine rings is 1. The maximum Gasteiger partial charge on any atom is 0.357 e. The van der Waals surface area contributed by atoms with Crippen LogP contribution in [0, 0.1) is 0 Å². The highest BCUT2D eigenvalue weighted by atomic mass is 16.5. The third kappa shape index (κ3) is 7.11. The standard InChI is InChI=1S/C17H28N2O2/c1-5-6-7-8-10-14(4)21-17(20)15-11-9-12-16(19-15)18-13(2)3/h9,11-14H,5-8,10H2,1-4H3,(H,18,19). The van der Waals surface area contributed by atoms with E-state index in [-0.39, 0.29) is 18.1 Å². The number of hydrogen-bond acceptors (Lipinski definition) is 4. The van der Waals surface area contributed by atoms with Gasteiger partial charge in [0.25, 0.3) is 0 Å². The van der Waals surface area contributed by atoms with Gasteiger partial charge in [0, 0.05) is 6.04 Å². The van der Waals surface area contributed by atoms with Crippen molar-refractivity contribution in [1.82, 2.24) is 4.98 Å². The van der Waals surface area contributed by atoms with E-state index in [2.05, 4.69) is 17.2 Å². The Labute approximate surface area is 128 Å². The molecule has 0 radical (unpaired) electrons. The third-order valence-corrected chi connectivity index (χ3v) is 3.17. The van der Waals surface area contributed by atoms with Crippen LogP contribution in [0.3, 0.4) is 0 Å². The summed E-state index contributed by atoms with van der Waals surface area (Å²) < 4.78 is 5.45. The maximum atomic E-state index is 12.1. The van der Waals surface area contributed by atoms with E-state index in [1.165, 1.54) is 19.3 Å². The Bertz CT molecular complexity index is 433. The summed E-state index contributed by atoms with van der Waals surface area (Å²) in [6, 6.07) is 5.64. The van der Waals surface area contributed by atoms with E-state index in [0.717, 1.165) is 12.8 Å². The zero-order chi connectivity index (χ0) is 15.7. The molecule has 0 saturated heterocycles. The van der Waals surface area contributed by atoms with Crippen LogP contribution in [0.2, 0.25) is 0 Å². The van der Waals surface area contributed by atoms with Crippen molar-refractivity contribution in [1.29, 1.82) is 0 Å². The first-order chi connectivity index (χ1) is 10.0. The Hall–Kier alpha value is -1.58. The summed E-state index contributed by atoms with van der Waals surface area (Å²) in [5.41, 5.74) is 0.362. The Morgan fingerprint density at radius 3 is 2.67 bits per heavy atom. The highest BCUT2D eigenvalue weighted by Gasteiger charge is 2.13. The number of anilines is 1. The second kappa shape index (κ2) is 9.37. The topological polar surface area (TPSA) is 51.2 Å². The van der Waals surface area contributed by atoms with Gasteiger partial charge in [0.15, 0.2) is 5.69 Å². The van der Waals surface area contributed by atoms with Crippen molar-refractivity contribution < 1.29 is 9.53 Å². The van der Waals surface area contributed by atoms with Gasteiger partial charge in [0.2, 0.25) is 0 Å². The van der Waals surface area contributed by atoms with E-state index in [0.29, 0.717) is 11.5 Å². The number of ether oxygens (including phenoxy) is 1. The molecule has 1 heterocycles. The van der Waals surface area contributed by atoms with Crippen LogP contribution in [0.15, 0.2) is 18.2 Å². The molecule has 0 spiro atoms. The van der Waals surface area contributed by atoms with Crippen molar-refractivity contribution in [3.8, 4) is 0 Å². The lowest BCUT2D eigenvalue weighted by molar-refractivity contribution is 0.0312. The molecule has 1 atom stereocenters. The van der Waals surface area contributed by atoms with Crippen LogP contribution >= 0.6 is 0 Å². The largest absolute Gasteiger partial charge is 0.458 e. The van der Waals surface area contributed by atoms with Crippen molar-refractivity contribution in [3.05, 3.63) is 23.9 Å². The molecule has 118 valence electrons. The molecule has 0 aliphatic heterocycles. The molecule has 0 saturated carbocycles. The average molecular weight is 292 g/mol. The van der Waals surface area contributed by atoms with Gasteiger partial charge in [-0.1, -0.05) is 32.3 Å². The van der Waals surface area contributed by atoms with Gasteiger partial charge in [0.05, 0.1) is 6.10 Å². The summed E-state index contributed by atoms with van der Waals surface area (Å²) in [4.78, 5) is 16.4. The fourth-order valence-corrected chi connectivity index (χ4v) is 2.09. The van der Waals surface area contributed by atoms with Crippen LogP contribution in [-0.4, -0.2) is 23.1 Å².